The maximum absolute atomic E-state index is 14.1. The maximum atomic E-state index is 14.1. The van der Waals surface area contributed by atoms with Crippen LogP contribution in [0.1, 0.15) is 37.7 Å². The van der Waals surface area contributed by atoms with Crippen molar-refractivity contribution in [2.45, 2.75) is 37.5 Å². The van der Waals surface area contributed by atoms with Gasteiger partial charge in [0.25, 0.3) is 0 Å². The lowest BCUT2D eigenvalue weighted by atomic mass is 9.78. The monoisotopic (exact) mass is 326 g/mol. The van der Waals surface area contributed by atoms with Crippen LogP contribution in [0.25, 0.3) is 0 Å². The first-order chi connectivity index (χ1) is 10.9. The van der Waals surface area contributed by atoms with Gasteiger partial charge >= 0.3 is 12.0 Å². The highest BCUT2D eigenvalue weighted by Gasteiger charge is 2.38. The van der Waals surface area contributed by atoms with Gasteiger partial charge in [0.05, 0.1) is 6.42 Å². The summed E-state index contributed by atoms with van der Waals surface area (Å²) in [6.45, 7) is 0.257. The molecule has 2 rings (SSSR count). The van der Waals surface area contributed by atoms with E-state index in [4.69, 9.17) is 5.11 Å². The molecule has 0 spiro atoms. The van der Waals surface area contributed by atoms with Crippen LogP contribution in [-0.4, -0.2) is 30.2 Å². The normalized spacial score (nSPS) is 16.1. The average molecular weight is 326 g/mol. The van der Waals surface area contributed by atoms with Gasteiger partial charge in [0.1, 0.15) is 11.6 Å². The van der Waals surface area contributed by atoms with Crippen molar-refractivity contribution in [1.82, 2.24) is 10.6 Å². The van der Waals surface area contributed by atoms with Gasteiger partial charge < -0.3 is 15.7 Å². The molecule has 1 aromatic rings. The zero-order valence-electron chi connectivity index (χ0n) is 12.7. The van der Waals surface area contributed by atoms with E-state index in [0.717, 1.165) is 18.9 Å². The second-order valence-electron chi connectivity index (χ2n) is 5.86. The van der Waals surface area contributed by atoms with Crippen LogP contribution in [0.5, 0.6) is 0 Å². The van der Waals surface area contributed by atoms with Crippen LogP contribution in [0, 0.1) is 11.6 Å². The molecule has 3 N–H and O–H groups in total. The highest BCUT2D eigenvalue weighted by molar-refractivity contribution is 5.75. The third kappa shape index (κ3) is 4.40. The van der Waals surface area contributed by atoms with Crippen molar-refractivity contribution in [3.05, 3.63) is 35.4 Å². The second-order valence-corrected chi connectivity index (χ2v) is 5.86. The molecule has 0 saturated heterocycles. The van der Waals surface area contributed by atoms with Gasteiger partial charge in [-0.15, -0.1) is 0 Å². The zero-order valence-corrected chi connectivity index (χ0v) is 12.7. The van der Waals surface area contributed by atoms with Gasteiger partial charge in [0, 0.05) is 24.6 Å². The first kappa shape index (κ1) is 17.2. The van der Waals surface area contributed by atoms with Crippen LogP contribution in [0.4, 0.5) is 13.6 Å². The van der Waals surface area contributed by atoms with Crippen LogP contribution in [0.2, 0.25) is 0 Å². The molecule has 0 heterocycles. The van der Waals surface area contributed by atoms with Gasteiger partial charge in [-0.2, -0.15) is 0 Å². The number of rotatable bonds is 6. The number of hydrogen-bond acceptors (Lipinski definition) is 2. The van der Waals surface area contributed by atoms with Crippen molar-refractivity contribution < 1.29 is 23.5 Å². The predicted molar refractivity (Wildman–Crippen MR) is 80.2 cm³/mol. The topological polar surface area (TPSA) is 78.4 Å². The van der Waals surface area contributed by atoms with E-state index in [2.05, 4.69) is 10.6 Å². The smallest absolute Gasteiger partial charge is 0.314 e. The lowest BCUT2D eigenvalue weighted by Gasteiger charge is -2.30. The number of carboxylic acid groups (broad SMARTS) is 1. The second kappa shape index (κ2) is 7.39. The summed E-state index contributed by atoms with van der Waals surface area (Å²) in [5.41, 5.74) is -0.121. The fourth-order valence-corrected chi connectivity index (χ4v) is 3.11. The van der Waals surface area contributed by atoms with Gasteiger partial charge in [-0.05, 0) is 24.5 Å². The first-order valence-corrected chi connectivity index (χ1v) is 7.62. The van der Waals surface area contributed by atoms with Crippen molar-refractivity contribution in [2.24, 2.45) is 0 Å². The molecule has 1 fully saturated rings. The number of nitrogens with one attached hydrogen (secondary N) is 2. The van der Waals surface area contributed by atoms with E-state index in [1.807, 2.05) is 0 Å². The summed E-state index contributed by atoms with van der Waals surface area (Å²) in [7, 11) is 0. The predicted octanol–water partition coefficient (Wildman–Crippen LogP) is 2.55. The fraction of sp³-hybridized carbons (Fsp3) is 0.500. The van der Waals surface area contributed by atoms with Gasteiger partial charge in [-0.3, -0.25) is 4.79 Å². The van der Waals surface area contributed by atoms with E-state index >= 15 is 0 Å². The van der Waals surface area contributed by atoms with E-state index in [1.165, 1.54) is 12.1 Å². The Morgan fingerprint density at radius 3 is 2.48 bits per heavy atom. The highest BCUT2D eigenvalue weighted by atomic mass is 19.1. The van der Waals surface area contributed by atoms with Crippen molar-refractivity contribution in [1.29, 1.82) is 0 Å². The number of carbonyl (C=O) groups is 2. The molecular formula is C16H20F2N2O3. The number of hydrogen-bond donors (Lipinski definition) is 3. The van der Waals surface area contributed by atoms with Crippen molar-refractivity contribution in [2.75, 3.05) is 13.1 Å². The molecule has 1 saturated carbocycles. The molecule has 0 unspecified atom stereocenters. The van der Waals surface area contributed by atoms with Crippen LogP contribution in [0.3, 0.4) is 0 Å². The molecule has 0 atom stereocenters. The lowest BCUT2D eigenvalue weighted by Crippen LogP contribution is -2.44. The molecule has 126 valence electrons. The standard InChI is InChI=1S/C16H20F2N2O3/c17-11-3-4-12(13(18)9-11)16(6-1-2-7-16)10-20-15(23)19-8-5-14(21)22/h3-4,9H,1-2,5-8,10H2,(H,21,22)(H2,19,20,23). The summed E-state index contributed by atoms with van der Waals surface area (Å²) in [5.74, 6) is -2.22. The van der Waals surface area contributed by atoms with E-state index in [9.17, 15) is 18.4 Å². The number of benzene rings is 1. The SMILES string of the molecule is O=C(O)CCNC(=O)NCC1(c2ccc(F)cc2F)CCCC1. The number of amides is 2. The Kier molecular flexibility index (Phi) is 5.52. The maximum Gasteiger partial charge on any atom is 0.314 e. The molecule has 1 aliphatic carbocycles. The third-order valence-corrected chi connectivity index (χ3v) is 4.27. The van der Waals surface area contributed by atoms with Crippen LogP contribution >= 0.6 is 0 Å². The Bertz CT molecular complexity index is 587. The molecule has 0 radical (unpaired) electrons. The molecular weight excluding hydrogens is 306 g/mol. The lowest BCUT2D eigenvalue weighted by molar-refractivity contribution is -0.136. The van der Waals surface area contributed by atoms with Crippen LogP contribution in [-0.2, 0) is 10.2 Å². The average Bonchev–Trinajstić information content (AvgIpc) is 2.94. The van der Waals surface area contributed by atoms with Gasteiger partial charge in [-0.1, -0.05) is 18.9 Å². The number of halogens is 2. The minimum absolute atomic E-state index is 0.0269. The summed E-state index contributed by atoms with van der Waals surface area (Å²) >= 11 is 0. The van der Waals surface area contributed by atoms with Crippen LogP contribution in [0.15, 0.2) is 18.2 Å². The molecule has 23 heavy (non-hydrogen) atoms. The van der Waals surface area contributed by atoms with E-state index in [0.29, 0.717) is 18.4 Å². The Morgan fingerprint density at radius 2 is 1.87 bits per heavy atom. The van der Waals surface area contributed by atoms with Gasteiger partial charge in [0.2, 0.25) is 0 Å². The number of aliphatic carboxylic acids is 1. The summed E-state index contributed by atoms with van der Waals surface area (Å²) < 4.78 is 27.2. The van der Waals surface area contributed by atoms with E-state index in [1.54, 1.807) is 0 Å². The first-order valence-electron chi connectivity index (χ1n) is 7.62. The summed E-state index contributed by atoms with van der Waals surface area (Å²) in [6, 6.07) is 3.05. The van der Waals surface area contributed by atoms with Crippen molar-refractivity contribution in [3.8, 4) is 0 Å². The Hall–Kier alpha value is -2.18. The molecule has 1 aromatic carbocycles. The number of carbonyl (C=O) groups excluding carboxylic acids is 1. The molecule has 2 amide bonds. The van der Waals surface area contributed by atoms with Gasteiger partial charge in [0.15, 0.2) is 0 Å². The quantitative estimate of drug-likeness (QED) is 0.752. The van der Waals surface area contributed by atoms with Gasteiger partial charge in [-0.25, -0.2) is 13.6 Å². The molecule has 0 aliphatic heterocycles. The van der Waals surface area contributed by atoms with Crippen molar-refractivity contribution >= 4 is 12.0 Å². The summed E-state index contributed by atoms with van der Waals surface area (Å²) in [6.07, 6.45) is 3.10. The van der Waals surface area contributed by atoms with E-state index < -0.39 is 29.0 Å². The largest absolute Gasteiger partial charge is 0.481 e. The molecule has 1 aliphatic rings. The minimum Gasteiger partial charge on any atom is -0.481 e. The third-order valence-electron chi connectivity index (χ3n) is 4.27. The molecule has 7 heteroatoms. The highest BCUT2D eigenvalue weighted by Crippen LogP contribution is 2.41. The summed E-state index contributed by atoms with van der Waals surface area (Å²) in [4.78, 5) is 22.1. The zero-order chi connectivity index (χ0) is 16.9. The number of carboxylic acids is 1. The fourth-order valence-electron chi connectivity index (χ4n) is 3.11. The molecule has 0 bridgehead atoms. The minimum atomic E-state index is -0.994. The Labute approximate surface area is 133 Å². The summed E-state index contributed by atoms with van der Waals surface area (Å²) in [5, 5.41) is 13.6. The molecule has 0 aromatic heterocycles. The van der Waals surface area contributed by atoms with Crippen LogP contribution < -0.4 is 10.6 Å². The Balaban J connectivity index is 2.01. The Morgan fingerprint density at radius 1 is 1.17 bits per heavy atom. The van der Waals surface area contributed by atoms with Crippen molar-refractivity contribution in [3.63, 3.8) is 0 Å². The number of urea groups is 1. The molecule has 5 nitrogen and oxygen atoms in total. The van der Waals surface area contributed by atoms with E-state index in [-0.39, 0.29) is 19.5 Å².